The summed E-state index contributed by atoms with van der Waals surface area (Å²) in [5.41, 5.74) is 0.457. The molecule has 0 radical (unpaired) electrons. The average Bonchev–Trinajstić information content (AvgIpc) is 2.94. The van der Waals surface area contributed by atoms with Crippen LogP contribution >= 0.6 is 0 Å². The molecule has 2 atom stereocenters. The molecule has 2 fully saturated rings. The number of urea groups is 1. The van der Waals surface area contributed by atoms with Crippen molar-refractivity contribution in [3.8, 4) is 0 Å². The minimum Gasteiger partial charge on any atom is -0.454 e. The third kappa shape index (κ3) is 4.97. The van der Waals surface area contributed by atoms with Crippen molar-refractivity contribution in [2.45, 2.75) is 70.3 Å². The molecule has 0 bridgehead atoms. The third-order valence-electron chi connectivity index (χ3n) is 6.31. The van der Waals surface area contributed by atoms with E-state index in [1.165, 1.54) is 18.4 Å². The highest BCUT2D eigenvalue weighted by Crippen LogP contribution is 2.38. The molecule has 3 aliphatic rings. The average molecular weight is 405 g/mol. The molecule has 0 aromatic rings. The predicted octanol–water partition coefficient (Wildman–Crippen LogP) is 2.04. The first-order valence-corrected chi connectivity index (χ1v) is 10.7. The summed E-state index contributed by atoms with van der Waals surface area (Å²) >= 11 is 0. The van der Waals surface area contributed by atoms with Gasteiger partial charge in [-0.05, 0) is 50.9 Å². The van der Waals surface area contributed by atoms with Crippen molar-refractivity contribution in [1.29, 1.82) is 0 Å². The zero-order valence-corrected chi connectivity index (χ0v) is 17.1. The van der Waals surface area contributed by atoms with Crippen LogP contribution < -0.4 is 10.6 Å². The molecule has 1 aliphatic heterocycles. The molecule has 1 spiro atoms. The van der Waals surface area contributed by atoms with Gasteiger partial charge < -0.3 is 15.4 Å². The first-order valence-electron chi connectivity index (χ1n) is 10.7. The number of nitrogens with zero attached hydrogens (tertiary/aromatic N) is 1. The van der Waals surface area contributed by atoms with Crippen LogP contribution in [0.4, 0.5) is 4.79 Å². The maximum absolute atomic E-state index is 12.8. The van der Waals surface area contributed by atoms with Gasteiger partial charge in [0.05, 0.1) is 0 Å². The number of esters is 1. The van der Waals surface area contributed by atoms with Crippen LogP contribution in [0, 0.1) is 5.92 Å². The van der Waals surface area contributed by atoms with Crippen molar-refractivity contribution >= 4 is 23.8 Å². The highest BCUT2D eigenvalue weighted by atomic mass is 16.5. The molecule has 0 unspecified atom stereocenters. The lowest BCUT2D eigenvalue weighted by atomic mass is 9.73. The maximum atomic E-state index is 12.8. The molecule has 29 heavy (non-hydrogen) atoms. The number of carbonyl (C=O) groups excluding carboxylic acids is 4. The van der Waals surface area contributed by atoms with Gasteiger partial charge in [0.15, 0.2) is 6.61 Å². The van der Waals surface area contributed by atoms with Gasteiger partial charge in [-0.3, -0.25) is 19.3 Å². The van der Waals surface area contributed by atoms with Gasteiger partial charge in [-0.25, -0.2) is 4.79 Å². The van der Waals surface area contributed by atoms with Crippen molar-refractivity contribution in [2.24, 2.45) is 5.92 Å². The van der Waals surface area contributed by atoms with Gasteiger partial charge >= 0.3 is 12.0 Å². The molecule has 4 amide bonds. The van der Waals surface area contributed by atoms with E-state index in [0.717, 1.165) is 43.4 Å². The molecule has 8 heteroatoms. The van der Waals surface area contributed by atoms with Crippen LogP contribution in [0.1, 0.15) is 64.7 Å². The minimum atomic E-state index is -0.902. The summed E-state index contributed by atoms with van der Waals surface area (Å²) in [5.74, 6) is -1.49. The molecular weight excluding hydrogens is 374 g/mol. The van der Waals surface area contributed by atoms with Crippen LogP contribution in [0.5, 0.6) is 0 Å². The number of carbonyl (C=O) groups is 4. The molecule has 2 aliphatic carbocycles. The SMILES string of the molecule is C[C@@H]1CCCC[C@]12NC(=O)N(CC(=O)OCC(=O)NCCC1=CCCCC1)C2=O. The third-order valence-corrected chi connectivity index (χ3v) is 6.31. The Balaban J connectivity index is 1.41. The number of nitrogens with one attached hydrogen (secondary N) is 2. The summed E-state index contributed by atoms with van der Waals surface area (Å²) < 4.78 is 4.97. The number of hydrogen-bond acceptors (Lipinski definition) is 5. The minimum absolute atomic E-state index is 0.0266. The van der Waals surface area contributed by atoms with Crippen LogP contribution in [0.25, 0.3) is 0 Å². The second-order valence-electron chi connectivity index (χ2n) is 8.31. The number of ether oxygens (including phenoxy) is 1. The van der Waals surface area contributed by atoms with Crippen molar-refractivity contribution in [3.05, 3.63) is 11.6 Å². The highest BCUT2D eigenvalue weighted by Gasteiger charge is 2.55. The van der Waals surface area contributed by atoms with Crippen LogP contribution in [0.3, 0.4) is 0 Å². The molecule has 0 aromatic heterocycles. The molecular formula is C21H31N3O5. The van der Waals surface area contributed by atoms with Crippen molar-refractivity contribution < 1.29 is 23.9 Å². The first kappa shape index (κ1) is 21.3. The van der Waals surface area contributed by atoms with Gasteiger partial charge in [0.25, 0.3) is 11.8 Å². The number of allylic oxidation sites excluding steroid dienone is 1. The summed E-state index contributed by atoms with van der Waals surface area (Å²) in [6.07, 6.45) is 11.0. The molecule has 160 valence electrons. The molecule has 1 saturated carbocycles. The van der Waals surface area contributed by atoms with Crippen LogP contribution in [-0.4, -0.2) is 54.0 Å². The molecule has 8 nitrogen and oxygen atoms in total. The summed E-state index contributed by atoms with van der Waals surface area (Å²) in [6, 6.07) is -0.564. The largest absolute Gasteiger partial charge is 0.454 e. The van der Waals surface area contributed by atoms with Gasteiger partial charge in [-0.15, -0.1) is 0 Å². The van der Waals surface area contributed by atoms with Gasteiger partial charge in [-0.2, -0.15) is 0 Å². The summed E-state index contributed by atoms with van der Waals surface area (Å²) in [4.78, 5) is 50.0. The number of hydrogen-bond donors (Lipinski definition) is 2. The Morgan fingerprint density at radius 1 is 1.28 bits per heavy atom. The van der Waals surface area contributed by atoms with E-state index in [0.29, 0.717) is 13.0 Å². The van der Waals surface area contributed by atoms with Crippen LogP contribution in [-0.2, 0) is 19.1 Å². The van der Waals surface area contributed by atoms with E-state index in [-0.39, 0.29) is 17.7 Å². The van der Waals surface area contributed by atoms with E-state index in [1.807, 2.05) is 6.92 Å². The van der Waals surface area contributed by atoms with Gasteiger partial charge in [0, 0.05) is 6.54 Å². The smallest absolute Gasteiger partial charge is 0.326 e. The first-order chi connectivity index (χ1) is 13.9. The fourth-order valence-electron chi connectivity index (χ4n) is 4.51. The fraction of sp³-hybridized carbons (Fsp3) is 0.714. The predicted molar refractivity (Wildman–Crippen MR) is 106 cm³/mol. The maximum Gasteiger partial charge on any atom is 0.326 e. The van der Waals surface area contributed by atoms with E-state index in [1.54, 1.807) is 0 Å². The summed E-state index contributed by atoms with van der Waals surface area (Å²) in [7, 11) is 0. The van der Waals surface area contributed by atoms with Crippen LogP contribution in [0.2, 0.25) is 0 Å². The van der Waals surface area contributed by atoms with Gasteiger partial charge in [0.1, 0.15) is 12.1 Å². The van der Waals surface area contributed by atoms with E-state index in [4.69, 9.17) is 4.74 Å². The Morgan fingerprint density at radius 3 is 2.83 bits per heavy atom. The molecule has 1 saturated heterocycles. The summed E-state index contributed by atoms with van der Waals surface area (Å²) in [6.45, 7) is 1.57. The van der Waals surface area contributed by atoms with Crippen molar-refractivity contribution in [3.63, 3.8) is 0 Å². The Labute approximate surface area is 171 Å². The van der Waals surface area contributed by atoms with Gasteiger partial charge in [-0.1, -0.05) is 31.4 Å². The lowest BCUT2D eigenvalue weighted by Crippen LogP contribution is -2.54. The molecule has 0 aromatic carbocycles. The molecule has 1 heterocycles. The highest BCUT2D eigenvalue weighted by molar-refractivity contribution is 6.09. The summed E-state index contributed by atoms with van der Waals surface area (Å²) in [5, 5.41) is 5.53. The van der Waals surface area contributed by atoms with E-state index >= 15 is 0 Å². The number of amides is 4. The molecule has 3 rings (SSSR count). The standard InChI is InChI=1S/C21H31N3O5/c1-15-7-5-6-11-21(15)19(27)24(20(28)23-21)13-18(26)29-14-17(25)22-12-10-16-8-3-2-4-9-16/h8,15H,2-7,9-14H2,1H3,(H,22,25)(H,23,28)/t15-,21+/m1/s1. The monoisotopic (exact) mass is 405 g/mol. The fourth-order valence-corrected chi connectivity index (χ4v) is 4.51. The topological polar surface area (TPSA) is 105 Å². The Kier molecular flexibility index (Phi) is 6.92. The second-order valence-corrected chi connectivity index (χ2v) is 8.31. The van der Waals surface area contributed by atoms with Crippen molar-refractivity contribution in [1.82, 2.24) is 15.5 Å². The zero-order chi connectivity index (χ0) is 20.9. The Hall–Kier alpha value is -2.38. The normalized spacial score (nSPS) is 26.9. The molecule has 2 N–H and O–H groups in total. The number of rotatable bonds is 7. The van der Waals surface area contributed by atoms with Crippen molar-refractivity contribution in [2.75, 3.05) is 19.7 Å². The number of imide groups is 1. The van der Waals surface area contributed by atoms with Gasteiger partial charge in [0.2, 0.25) is 0 Å². The van der Waals surface area contributed by atoms with E-state index in [2.05, 4.69) is 16.7 Å². The lowest BCUT2D eigenvalue weighted by molar-refractivity contribution is -0.151. The Bertz CT molecular complexity index is 704. The second kappa shape index (κ2) is 9.41. The zero-order valence-electron chi connectivity index (χ0n) is 17.1. The van der Waals surface area contributed by atoms with E-state index in [9.17, 15) is 19.2 Å². The van der Waals surface area contributed by atoms with Crippen LogP contribution in [0.15, 0.2) is 11.6 Å². The van der Waals surface area contributed by atoms with E-state index < -0.39 is 30.7 Å². The lowest BCUT2D eigenvalue weighted by Gasteiger charge is -2.36. The quantitative estimate of drug-likeness (QED) is 0.383. The Morgan fingerprint density at radius 2 is 2.10 bits per heavy atom.